The number of anilines is 1. The second-order valence-electron chi connectivity index (χ2n) is 5.75. The molecule has 2 heterocycles. The third-order valence-corrected chi connectivity index (χ3v) is 4.84. The predicted molar refractivity (Wildman–Crippen MR) is 108 cm³/mol. The van der Waals surface area contributed by atoms with Crippen molar-refractivity contribution in [2.45, 2.75) is 0 Å². The first kappa shape index (κ1) is 17.7. The summed E-state index contributed by atoms with van der Waals surface area (Å²) in [6.45, 7) is 0. The van der Waals surface area contributed by atoms with E-state index in [4.69, 9.17) is 4.42 Å². The molecule has 1 aliphatic rings. The molecule has 0 N–H and O–H groups in total. The molecule has 0 atom stereocenters. The summed E-state index contributed by atoms with van der Waals surface area (Å²) in [4.78, 5) is 29.7. The van der Waals surface area contributed by atoms with Crippen molar-refractivity contribution in [1.29, 1.82) is 0 Å². The van der Waals surface area contributed by atoms with Crippen molar-refractivity contribution in [2.75, 3.05) is 4.90 Å². The molecule has 1 aliphatic heterocycles. The number of amidine groups is 1. The Morgan fingerprint density at radius 1 is 1.00 bits per heavy atom. The average molecular weight is 391 g/mol. The molecule has 1 amide bonds. The number of amides is 1. The van der Waals surface area contributed by atoms with Gasteiger partial charge in [-0.3, -0.25) is 19.8 Å². The van der Waals surface area contributed by atoms with E-state index in [1.807, 2.05) is 60.7 Å². The van der Waals surface area contributed by atoms with E-state index in [1.165, 1.54) is 34.9 Å². The number of nitrogens with zero attached hydrogens (tertiary/aromatic N) is 3. The van der Waals surface area contributed by atoms with E-state index in [-0.39, 0.29) is 17.6 Å². The van der Waals surface area contributed by atoms with Gasteiger partial charge in [0.1, 0.15) is 10.7 Å². The van der Waals surface area contributed by atoms with Crippen molar-refractivity contribution in [1.82, 2.24) is 0 Å². The van der Waals surface area contributed by atoms with Gasteiger partial charge in [-0.1, -0.05) is 36.4 Å². The Hall–Kier alpha value is -3.65. The fourth-order valence-electron chi connectivity index (χ4n) is 2.61. The minimum atomic E-state index is -0.621. The molecular formula is C20H13N3O4S. The molecule has 0 aliphatic carbocycles. The van der Waals surface area contributed by atoms with E-state index >= 15 is 0 Å². The van der Waals surface area contributed by atoms with Crippen molar-refractivity contribution < 1.29 is 14.1 Å². The maximum absolute atomic E-state index is 13.0. The summed E-state index contributed by atoms with van der Waals surface area (Å²) in [5, 5.41) is 11.3. The summed E-state index contributed by atoms with van der Waals surface area (Å²) >= 11 is 1.19. The largest absolute Gasteiger partial charge is 0.433 e. The number of benzene rings is 2. The SMILES string of the molecule is O=C1/C(=C\c2ccc([N+](=O)[O-])o2)SC(=Nc2ccccc2)N1c1ccccc1. The summed E-state index contributed by atoms with van der Waals surface area (Å²) < 4.78 is 5.15. The van der Waals surface area contributed by atoms with Gasteiger partial charge >= 0.3 is 5.88 Å². The Bertz CT molecular complexity index is 1090. The Kier molecular flexibility index (Phi) is 4.77. The lowest BCUT2D eigenvalue weighted by Gasteiger charge is -2.15. The van der Waals surface area contributed by atoms with E-state index in [1.54, 1.807) is 0 Å². The molecule has 138 valence electrons. The number of thioether (sulfide) groups is 1. The van der Waals surface area contributed by atoms with Gasteiger partial charge in [-0.15, -0.1) is 0 Å². The second-order valence-corrected chi connectivity index (χ2v) is 6.76. The standard InChI is InChI=1S/C20H13N3O4S/c24-19-17(13-16-11-12-18(27-16)23(25)26)28-20(21-14-7-3-1-4-8-14)22(19)15-9-5-2-6-10-15/h1-13H/b17-13+,21-20?. The van der Waals surface area contributed by atoms with Crippen LogP contribution in [0.5, 0.6) is 0 Å². The van der Waals surface area contributed by atoms with Gasteiger partial charge in [-0.2, -0.15) is 0 Å². The van der Waals surface area contributed by atoms with Gasteiger partial charge in [-0.05, 0) is 42.1 Å². The van der Waals surface area contributed by atoms with E-state index in [2.05, 4.69) is 4.99 Å². The van der Waals surface area contributed by atoms with Gasteiger partial charge in [0.05, 0.1) is 22.3 Å². The van der Waals surface area contributed by atoms with Crippen LogP contribution in [0.15, 0.2) is 87.1 Å². The van der Waals surface area contributed by atoms with E-state index < -0.39 is 4.92 Å². The Balaban J connectivity index is 1.74. The van der Waals surface area contributed by atoms with Crippen LogP contribution in [0.2, 0.25) is 0 Å². The molecule has 0 radical (unpaired) electrons. The van der Waals surface area contributed by atoms with Gasteiger partial charge in [-0.25, -0.2) is 4.99 Å². The maximum atomic E-state index is 13.0. The average Bonchev–Trinajstić information content (AvgIpc) is 3.29. The lowest BCUT2D eigenvalue weighted by molar-refractivity contribution is -0.402. The third kappa shape index (κ3) is 3.58. The number of rotatable bonds is 4. The predicted octanol–water partition coefficient (Wildman–Crippen LogP) is 5.00. The number of para-hydroxylation sites is 2. The first-order valence-electron chi connectivity index (χ1n) is 8.29. The van der Waals surface area contributed by atoms with Crippen molar-refractivity contribution in [2.24, 2.45) is 4.99 Å². The summed E-state index contributed by atoms with van der Waals surface area (Å²) in [6.07, 6.45) is 1.49. The van der Waals surface area contributed by atoms with Gasteiger partial charge in [0.2, 0.25) is 0 Å². The molecule has 28 heavy (non-hydrogen) atoms. The van der Waals surface area contributed by atoms with Crippen LogP contribution in [0.3, 0.4) is 0 Å². The molecular weight excluding hydrogens is 378 g/mol. The highest BCUT2D eigenvalue weighted by Gasteiger charge is 2.35. The number of aliphatic imine (C=N–C) groups is 1. The number of furan rings is 1. The molecule has 3 aromatic rings. The zero-order chi connectivity index (χ0) is 19.5. The molecule has 2 aromatic carbocycles. The second kappa shape index (κ2) is 7.53. The fraction of sp³-hybridized carbons (Fsp3) is 0. The Labute approximate surface area is 164 Å². The number of hydrogen-bond acceptors (Lipinski definition) is 6. The highest BCUT2D eigenvalue weighted by atomic mass is 32.2. The van der Waals surface area contributed by atoms with Crippen LogP contribution < -0.4 is 4.90 Å². The van der Waals surface area contributed by atoms with E-state index in [0.717, 1.165) is 0 Å². The zero-order valence-corrected chi connectivity index (χ0v) is 15.2. The fourth-order valence-corrected chi connectivity index (χ4v) is 3.59. The monoisotopic (exact) mass is 391 g/mol. The Morgan fingerprint density at radius 3 is 2.32 bits per heavy atom. The van der Waals surface area contributed by atoms with Crippen LogP contribution in [-0.2, 0) is 4.79 Å². The van der Waals surface area contributed by atoms with Gasteiger partial charge < -0.3 is 4.42 Å². The summed E-state index contributed by atoms with van der Waals surface area (Å²) in [5.74, 6) is -0.415. The highest BCUT2D eigenvalue weighted by molar-refractivity contribution is 8.19. The molecule has 0 spiro atoms. The summed E-state index contributed by atoms with van der Waals surface area (Å²) in [6, 6.07) is 21.2. The summed E-state index contributed by atoms with van der Waals surface area (Å²) in [5.41, 5.74) is 1.40. The molecule has 1 fully saturated rings. The van der Waals surface area contributed by atoms with Crippen LogP contribution in [-0.4, -0.2) is 16.0 Å². The van der Waals surface area contributed by atoms with Crippen LogP contribution in [0.25, 0.3) is 6.08 Å². The smallest absolute Gasteiger partial charge is 0.401 e. The number of hydrogen-bond donors (Lipinski definition) is 0. The van der Waals surface area contributed by atoms with Crippen molar-refractivity contribution >= 4 is 46.2 Å². The molecule has 0 bridgehead atoms. The zero-order valence-electron chi connectivity index (χ0n) is 14.4. The van der Waals surface area contributed by atoms with E-state index in [0.29, 0.717) is 21.4 Å². The van der Waals surface area contributed by atoms with E-state index in [9.17, 15) is 14.9 Å². The number of carbonyl (C=O) groups is 1. The number of carbonyl (C=O) groups excluding carboxylic acids is 1. The van der Waals surface area contributed by atoms with Crippen LogP contribution in [0, 0.1) is 10.1 Å². The lowest BCUT2D eigenvalue weighted by Crippen LogP contribution is -2.28. The van der Waals surface area contributed by atoms with Crippen LogP contribution >= 0.6 is 11.8 Å². The summed E-state index contributed by atoms with van der Waals surface area (Å²) in [7, 11) is 0. The highest BCUT2D eigenvalue weighted by Crippen LogP contribution is 2.37. The van der Waals surface area contributed by atoms with Gasteiger partial charge in [0.25, 0.3) is 5.91 Å². The normalized spacial score (nSPS) is 16.9. The van der Waals surface area contributed by atoms with Gasteiger partial charge in [0.15, 0.2) is 5.17 Å². The maximum Gasteiger partial charge on any atom is 0.433 e. The molecule has 8 heteroatoms. The minimum Gasteiger partial charge on any atom is -0.401 e. The van der Waals surface area contributed by atoms with Crippen LogP contribution in [0.1, 0.15) is 5.76 Å². The lowest BCUT2D eigenvalue weighted by atomic mass is 10.3. The molecule has 1 aromatic heterocycles. The van der Waals surface area contributed by atoms with Crippen molar-refractivity contribution in [3.63, 3.8) is 0 Å². The minimum absolute atomic E-state index is 0.233. The first-order valence-corrected chi connectivity index (χ1v) is 9.10. The van der Waals surface area contributed by atoms with Crippen molar-refractivity contribution in [3.05, 3.63) is 93.6 Å². The quantitative estimate of drug-likeness (QED) is 0.355. The topological polar surface area (TPSA) is 88.9 Å². The van der Waals surface area contributed by atoms with Crippen molar-refractivity contribution in [3.8, 4) is 0 Å². The molecule has 0 unspecified atom stereocenters. The third-order valence-electron chi connectivity index (χ3n) is 3.87. The Morgan fingerprint density at radius 2 is 1.68 bits per heavy atom. The molecule has 7 nitrogen and oxygen atoms in total. The molecule has 4 rings (SSSR count). The molecule has 0 saturated carbocycles. The molecule has 1 saturated heterocycles. The number of nitro groups is 1. The van der Waals surface area contributed by atoms with Crippen LogP contribution in [0.4, 0.5) is 17.3 Å². The first-order chi connectivity index (χ1) is 13.6. The van der Waals surface area contributed by atoms with Gasteiger partial charge in [0, 0.05) is 6.08 Å².